The summed E-state index contributed by atoms with van der Waals surface area (Å²) < 4.78 is 0. The molecule has 0 fully saturated rings. The fraction of sp³-hybridized carbons (Fsp3) is 1.00. The molecule has 0 amide bonds. The second kappa shape index (κ2) is 29.2. The van der Waals surface area contributed by atoms with Gasteiger partial charge in [0.25, 0.3) is 0 Å². The van der Waals surface area contributed by atoms with E-state index in [4.69, 9.17) is 10.2 Å². The number of halogens is 3. The molecule has 1 radical (unpaired) electrons. The normalized spacial score (nSPS) is 6.86. The minimum atomic E-state index is 0. The molecule has 0 aliphatic rings. The third-order valence-corrected chi connectivity index (χ3v) is 0.566. The van der Waals surface area contributed by atoms with E-state index in [-0.39, 0.29) is 67.8 Å². The average molecular weight is 312 g/mol. The van der Waals surface area contributed by atoms with Crippen LogP contribution in [0.15, 0.2) is 0 Å². The molecule has 4 nitrogen and oxygen atoms in total. The third kappa shape index (κ3) is 72.4. The quantitative estimate of drug-likeness (QED) is 0.393. The maximum Gasteiger partial charge on any atom is 3.00 e. The molecule has 0 bridgehead atoms. The summed E-state index contributed by atoms with van der Waals surface area (Å²) >= 11 is 0. The number of hydrogen-bond donors (Lipinski definition) is 2. The molecule has 0 aromatic heterocycles. The van der Waals surface area contributed by atoms with Gasteiger partial charge in [0.1, 0.15) is 0 Å². The molecular formula is C6H18Cl3FeN2O2. The van der Waals surface area contributed by atoms with Crippen molar-refractivity contribution in [3.05, 3.63) is 0 Å². The van der Waals surface area contributed by atoms with Crippen LogP contribution in [-0.4, -0.2) is 61.7 Å². The van der Waals surface area contributed by atoms with Crippen LogP contribution in [0.1, 0.15) is 0 Å². The van der Waals surface area contributed by atoms with E-state index in [1.165, 1.54) is 0 Å². The van der Waals surface area contributed by atoms with Crippen molar-refractivity contribution in [3.63, 3.8) is 0 Å². The molecule has 0 saturated carbocycles. The Balaban J connectivity index is -0.0000000178. The van der Waals surface area contributed by atoms with Gasteiger partial charge >= 0.3 is 17.1 Å². The summed E-state index contributed by atoms with van der Waals surface area (Å²) in [7, 11) is 7.22. The van der Waals surface area contributed by atoms with Crippen molar-refractivity contribution in [2.75, 3.05) is 41.7 Å². The van der Waals surface area contributed by atoms with E-state index in [0.717, 1.165) is 0 Å². The van der Waals surface area contributed by atoms with Gasteiger partial charge in [-0.2, -0.15) is 0 Å². The number of hydrogen-bond acceptors (Lipinski definition) is 4. The van der Waals surface area contributed by atoms with E-state index in [0.29, 0.717) is 0 Å². The van der Waals surface area contributed by atoms with Crippen LogP contribution in [0, 0.1) is 0 Å². The summed E-state index contributed by atoms with van der Waals surface area (Å²) in [6.07, 6.45) is 0. The van der Waals surface area contributed by atoms with E-state index in [9.17, 15) is 0 Å². The molecule has 0 spiro atoms. The zero-order chi connectivity index (χ0) is 8.57. The Morgan fingerprint density at radius 1 is 0.714 bits per heavy atom. The molecule has 2 N–H and O–H groups in total. The Labute approximate surface area is 116 Å². The molecule has 8 heteroatoms. The molecule has 14 heavy (non-hydrogen) atoms. The predicted octanol–water partition coefficient (Wildman–Crippen LogP) is -9.99. The molecule has 0 unspecified atom stereocenters. The van der Waals surface area contributed by atoms with Crippen molar-refractivity contribution < 1.29 is 64.5 Å². The second-order valence-electron chi connectivity index (χ2n) is 2.44. The average Bonchev–Trinajstić information content (AvgIpc) is 1.89. The first-order chi connectivity index (χ1) is 4.54. The largest absolute Gasteiger partial charge is 3.00 e. The first-order valence-corrected chi connectivity index (χ1v) is 3.05. The molecule has 0 aliphatic carbocycles. The van der Waals surface area contributed by atoms with Crippen molar-refractivity contribution in [2.45, 2.75) is 0 Å². The van der Waals surface area contributed by atoms with E-state index >= 15 is 0 Å². The topological polar surface area (TPSA) is 46.9 Å². The van der Waals surface area contributed by atoms with E-state index in [1.54, 1.807) is 38.0 Å². The Hall–Kier alpha value is 1.23. The monoisotopic (exact) mass is 311 g/mol. The minimum Gasteiger partial charge on any atom is -1.00 e. The van der Waals surface area contributed by atoms with Crippen LogP contribution in [0.25, 0.3) is 0 Å². The molecular weight excluding hydrogens is 294 g/mol. The number of aliphatic hydroxyl groups excluding tert-OH is 2. The van der Waals surface area contributed by atoms with Crippen molar-refractivity contribution in [1.29, 1.82) is 0 Å². The molecule has 93 valence electrons. The van der Waals surface area contributed by atoms with Crippen LogP contribution in [-0.2, 0) is 17.1 Å². The summed E-state index contributed by atoms with van der Waals surface area (Å²) in [5, 5.41) is 16.1. The van der Waals surface area contributed by atoms with E-state index < -0.39 is 0 Å². The molecule has 0 aromatic carbocycles. The molecule has 0 rings (SSSR count). The van der Waals surface area contributed by atoms with Gasteiger partial charge in [0.15, 0.2) is 0 Å². The molecule has 0 heterocycles. The molecule has 0 aromatic rings. The maximum atomic E-state index is 8.07. The summed E-state index contributed by atoms with van der Waals surface area (Å²) in [6.45, 7) is 0.278. The molecule has 0 aliphatic heterocycles. The standard InChI is InChI=1S/2C3H9NO.3ClH.Fe/c2*1-4(2)3-5;;;;/h2*5H,3H2,1-2H3;3*1H;/q;;;;;+3/p-3. The first kappa shape index (κ1) is 36.2. The van der Waals surface area contributed by atoms with Crippen LogP contribution >= 0.6 is 0 Å². The van der Waals surface area contributed by atoms with Crippen LogP contribution < -0.4 is 37.2 Å². The van der Waals surface area contributed by atoms with Crippen molar-refractivity contribution in [1.82, 2.24) is 9.80 Å². The summed E-state index contributed by atoms with van der Waals surface area (Å²) in [5.41, 5.74) is 0. The van der Waals surface area contributed by atoms with Crippen molar-refractivity contribution in [2.24, 2.45) is 0 Å². The van der Waals surface area contributed by atoms with Gasteiger partial charge in [-0.25, -0.2) is 0 Å². The van der Waals surface area contributed by atoms with Gasteiger partial charge in [-0.3, -0.25) is 9.80 Å². The Bertz CT molecular complexity index is 65.0. The molecule has 0 atom stereocenters. The minimum absolute atomic E-state index is 0. The third-order valence-electron chi connectivity index (χ3n) is 0.566. The van der Waals surface area contributed by atoms with Gasteiger partial charge in [0, 0.05) is 0 Å². The second-order valence-corrected chi connectivity index (χ2v) is 2.44. The van der Waals surface area contributed by atoms with Crippen LogP contribution in [0.5, 0.6) is 0 Å². The van der Waals surface area contributed by atoms with Gasteiger partial charge in [-0.1, -0.05) is 0 Å². The Kier molecular flexibility index (Phi) is 75.6. The van der Waals surface area contributed by atoms with Crippen molar-refractivity contribution in [3.8, 4) is 0 Å². The van der Waals surface area contributed by atoms with E-state index in [1.807, 2.05) is 0 Å². The van der Waals surface area contributed by atoms with Crippen LogP contribution in [0.3, 0.4) is 0 Å². The Morgan fingerprint density at radius 3 is 0.786 bits per heavy atom. The maximum absolute atomic E-state index is 8.07. The van der Waals surface area contributed by atoms with Crippen LogP contribution in [0.2, 0.25) is 0 Å². The summed E-state index contributed by atoms with van der Waals surface area (Å²) in [6, 6.07) is 0. The number of nitrogens with zero attached hydrogens (tertiary/aromatic N) is 2. The van der Waals surface area contributed by atoms with E-state index in [2.05, 4.69) is 0 Å². The van der Waals surface area contributed by atoms with Gasteiger partial charge in [0.05, 0.1) is 13.5 Å². The summed E-state index contributed by atoms with van der Waals surface area (Å²) in [4.78, 5) is 3.36. The van der Waals surface area contributed by atoms with Gasteiger partial charge in [0.2, 0.25) is 0 Å². The zero-order valence-corrected chi connectivity index (χ0v) is 12.1. The summed E-state index contributed by atoms with van der Waals surface area (Å²) in [5.74, 6) is 0. The Morgan fingerprint density at radius 2 is 0.786 bits per heavy atom. The number of aliphatic hydroxyl groups is 2. The zero-order valence-electron chi connectivity index (χ0n) is 8.69. The SMILES string of the molecule is CN(C)CO.CN(C)CO.[Cl-].[Cl-].[Cl-].[Fe+3]. The molecule has 0 saturated heterocycles. The van der Waals surface area contributed by atoms with Gasteiger partial charge in [-0.15, -0.1) is 0 Å². The fourth-order valence-corrected chi connectivity index (χ4v) is 0. The number of rotatable bonds is 2. The van der Waals surface area contributed by atoms with Gasteiger partial charge < -0.3 is 47.4 Å². The van der Waals surface area contributed by atoms with Crippen molar-refractivity contribution >= 4 is 0 Å². The van der Waals surface area contributed by atoms with Gasteiger partial charge in [-0.05, 0) is 28.2 Å². The fourth-order valence-electron chi connectivity index (χ4n) is 0. The first-order valence-electron chi connectivity index (χ1n) is 3.05. The smallest absolute Gasteiger partial charge is 1.00 e. The predicted molar refractivity (Wildman–Crippen MR) is 41.5 cm³/mol. The van der Waals surface area contributed by atoms with Crippen LogP contribution in [0.4, 0.5) is 0 Å².